The average Bonchev–Trinajstić information content (AvgIpc) is 3.17. The van der Waals surface area contributed by atoms with E-state index in [-0.39, 0.29) is 0 Å². The number of thioether (sulfide) groups is 1. The van der Waals surface area contributed by atoms with E-state index in [4.69, 9.17) is 9.15 Å². The normalized spacial score (nSPS) is 10.7. The van der Waals surface area contributed by atoms with Crippen molar-refractivity contribution in [2.24, 2.45) is 0 Å². The molecule has 102 valence electrons. The molecule has 7 nitrogen and oxygen atoms in total. The van der Waals surface area contributed by atoms with Crippen LogP contribution in [-0.4, -0.2) is 32.5 Å². The number of aromatic amines is 1. The maximum absolute atomic E-state index is 5.60. The van der Waals surface area contributed by atoms with Gasteiger partial charge in [0.2, 0.25) is 11.8 Å². The van der Waals surface area contributed by atoms with Gasteiger partial charge in [0, 0.05) is 5.56 Å². The maximum Gasteiger partial charge on any atom is 0.247 e. The zero-order chi connectivity index (χ0) is 13.8. The van der Waals surface area contributed by atoms with E-state index in [2.05, 4.69) is 25.4 Å². The largest absolute Gasteiger partial charge is 0.497 e. The summed E-state index contributed by atoms with van der Waals surface area (Å²) in [5, 5.41) is 15.3. The zero-order valence-corrected chi connectivity index (χ0v) is 11.4. The third kappa shape index (κ3) is 2.80. The van der Waals surface area contributed by atoms with Crippen LogP contribution in [-0.2, 0) is 5.75 Å². The number of nitrogens with one attached hydrogen (secondary N) is 1. The van der Waals surface area contributed by atoms with Crippen LogP contribution in [0.4, 0.5) is 0 Å². The minimum absolute atomic E-state index is 0.487. The Hall–Kier alpha value is -2.35. The number of ether oxygens (including phenoxy) is 1. The Morgan fingerprint density at radius 1 is 1.25 bits per heavy atom. The van der Waals surface area contributed by atoms with Crippen molar-refractivity contribution < 1.29 is 9.15 Å². The SMILES string of the molecule is COc1ccc(-c2nnc(CSc3ncn[nH]3)o2)cc1. The van der Waals surface area contributed by atoms with Gasteiger partial charge in [0.15, 0.2) is 5.16 Å². The van der Waals surface area contributed by atoms with E-state index in [1.165, 1.54) is 18.1 Å². The lowest BCUT2D eigenvalue weighted by Crippen LogP contribution is -1.82. The molecule has 0 unspecified atom stereocenters. The smallest absolute Gasteiger partial charge is 0.247 e. The van der Waals surface area contributed by atoms with Crippen molar-refractivity contribution in [3.63, 3.8) is 0 Å². The molecule has 0 saturated heterocycles. The van der Waals surface area contributed by atoms with Crippen LogP contribution in [0.2, 0.25) is 0 Å². The molecule has 0 aliphatic heterocycles. The van der Waals surface area contributed by atoms with Crippen LogP contribution in [0, 0.1) is 0 Å². The molecule has 0 atom stereocenters. The van der Waals surface area contributed by atoms with Gasteiger partial charge in [-0.25, -0.2) is 4.98 Å². The molecule has 0 aliphatic rings. The van der Waals surface area contributed by atoms with E-state index >= 15 is 0 Å². The van der Waals surface area contributed by atoms with E-state index in [1.807, 2.05) is 24.3 Å². The average molecular weight is 289 g/mol. The van der Waals surface area contributed by atoms with Gasteiger partial charge in [-0.3, -0.25) is 5.10 Å². The number of aromatic nitrogens is 5. The minimum atomic E-state index is 0.487. The van der Waals surface area contributed by atoms with Crippen molar-refractivity contribution in [3.05, 3.63) is 36.5 Å². The summed E-state index contributed by atoms with van der Waals surface area (Å²) in [6, 6.07) is 7.45. The fraction of sp³-hybridized carbons (Fsp3) is 0.167. The van der Waals surface area contributed by atoms with Gasteiger partial charge in [-0.05, 0) is 24.3 Å². The minimum Gasteiger partial charge on any atom is -0.497 e. The van der Waals surface area contributed by atoms with Crippen LogP contribution < -0.4 is 4.74 Å². The quantitative estimate of drug-likeness (QED) is 0.720. The zero-order valence-electron chi connectivity index (χ0n) is 10.6. The van der Waals surface area contributed by atoms with E-state index in [0.717, 1.165) is 11.3 Å². The number of hydrogen-bond donors (Lipinski definition) is 1. The molecule has 20 heavy (non-hydrogen) atoms. The Balaban J connectivity index is 1.69. The number of nitrogens with zero attached hydrogens (tertiary/aromatic N) is 4. The van der Waals surface area contributed by atoms with Crippen LogP contribution in [0.3, 0.4) is 0 Å². The Morgan fingerprint density at radius 3 is 2.80 bits per heavy atom. The number of methoxy groups -OCH3 is 1. The molecule has 0 aliphatic carbocycles. The first-order valence-corrected chi connectivity index (χ1v) is 6.78. The molecule has 2 aromatic heterocycles. The maximum atomic E-state index is 5.60. The van der Waals surface area contributed by atoms with E-state index in [0.29, 0.717) is 22.7 Å². The number of rotatable bonds is 5. The molecule has 1 N–H and O–H groups in total. The summed E-state index contributed by atoms with van der Waals surface area (Å²) in [7, 11) is 1.63. The molecule has 3 rings (SSSR count). The summed E-state index contributed by atoms with van der Waals surface area (Å²) in [4.78, 5) is 4.01. The second-order valence-corrected chi connectivity index (χ2v) is 4.77. The summed E-state index contributed by atoms with van der Waals surface area (Å²) < 4.78 is 10.7. The fourth-order valence-corrected chi connectivity index (χ4v) is 2.17. The molecule has 0 amide bonds. The summed E-state index contributed by atoms with van der Waals surface area (Å²) in [5.41, 5.74) is 0.856. The Labute approximate surface area is 118 Å². The van der Waals surface area contributed by atoms with Crippen molar-refractivity contribution >= 4 is 11.8 Å². The fourth-order valence-electron chi connectivity index (χ4n) is 1.56. The molecule has 8 heteroatoms. The Kier molecular flexibility index (Phi) is 3.64. The molecule has 0 fully saturated rings. The third-order valence-electron chi connectivity index (χ3n) is 2.53. The van der Waals surface area contributed by atoms with Crippen LogP contribution >= 0.6 is 11.8 Å². The van der Waals surface area contributed by atoms with E-state index in [9.17, 15) is 0 Å². The third-order valence-corrected chi connectivity index (χ3v) is 3.39. The molecule has 0 bridgehead atoms. The van der Waals surface area contributed by atoms with Crippen molar-refractivity contribution in [1.29, 1.82) is 0 Å². The van der Waals surface area contributed by atoms with Crippen molar-refractivity contribution in [2.75, 3.05) is 7.11 Å². The Bertz CT molecular complexity index is 665. The molecule has 1 aromatic carbocycles. The highest BCUT2D eigenvalue weighted by Crippen LogP contribution is 2.23. The van der Waals surface area contributed by atoms with Crippen molar-refractivity contribution in [3.8, 4) is 17.2 Å². The summed E-state index contributed by atoms with van der Waals surface area (Å²) in [5.74, 6) is 2.35. The van der Waals surface area contributed by atoms with Gasteiger partial charge in [0.25, 0.3) is 0 Å². The Morgan fingerprint density at radius 2 is 2.10 bits per heavy atom. The first-order chi connectivity index (χ1) is 9.85. The lowest BCUT2D eigenvalue weighted by atomic mass is 10.2. The monoisotopic (exact) mass is 289 g/mol. The van der Waals surface area contributed by atoms with Crippen LogP contribution in [0.5, 0.6) is 5.75 Å². The molecule has 0 spiro atoms. The van der Waals surface area contributed by atoms with Crippen LogP contribution in [0.25, 0.3) is 11.5 Å². The lowest BCUT2D eigenvalue weighted by molar-refractivity contribution is 0.415. The predicted molar refractivity (Wildman–Crippen MR) is 72.2 cm³/mol. The predicted octanol–water partition coefficient (Wildman–Crippen LogP) is 2.16. The van der Waals surface area contributed by atoms with Crippen LogP contribution in [0.1, 0.15) is 5.89 Å². The van der Waals surface area contributed by atoms with Gasteiger partial charge in [0.05, 0.1) is 12.9 Å². The first-order valence-electron chi connectivity index (χ1n) is 5.80. The standard InChI is InChI=1S/C12H11N5O2S/c1-18-9-4-2-8(3-5-9)11-16-15-10(19-11)6-20-12-13-7-14-17-12/h2-5,7H,6H2,1H3,(H,13,14,17). The molecule has 3 aromatic rings. The highest BCUT2D eigenvalue weighted by Gasteiger charge is 2.09. The molecule has 0 radical (unpaired) electrons. The van der Waals surface area contributed by atoms with Gasteiger partial charge in [-0.15, -0.1) is 10.2 Å². The highest BCUT2D eigenvalue weighted by molar-refractivity contribution is 7.98. The second kappa shape index (κ2) is 5.74. The van der Waals surface area contributed by atoms with Gasteiger partial charge in [-0.1, -0.05) is 11.8 Å². The highest BCUT2D eigenvalue weighted by atomic mass is 32.2. The van der Waals surface area contributed by atoms with Gasteiger partial charge in [-0.2, -0.15) is 5.10 Å². The molecule has 0 saturated carbocycles. The van der Waals surface area contributed by atoms with Gasteiger partial charge in [0.1, 0.15) is 12.1 Å². The summed E-state index contributed by atoms with van der Waals surface area (Å²) >= 11 is 1.45. The topological polar surface area (TPSA) is 89.7 Å². The molecular formula is C12H11N5O2S. The lowest BCUT2D eigenvalue weighted by Gasteiger charge is -1.99. The van der Waals surface area contributed by atoms with E-state index < -0.39 is 0 Å². The second-order valence-electron chi connectivity index (χ2n) is 3.81. The molecule has 2 heterocycles. The van der Waals surface area contributed by atoms with Gasteiger partial charge >= 0.3 is 0 Å². The van der Waals surface area contributed by atoms with Crippen LogP contribution in [0.15, 0.2) is 40.2 Å². The first kappa shape index (κ1) is 12.7. The number of hydrogen-bond acceptors (Lipinski definition) is 7. The van der Waals surface area contributed by atoms with Crippen molar-refractivity contribution in [1.82, 2.24) is 25.4 Å². The summed E-state index contributed by atoms with van der Waals surface area (Å²) in [6.45, 7) is 0. The van der Waals surface area contributed by atoms with Gasteiger partial charge < -0.3 is 9.15 Å². The number of benzene rings is 1. The summed E-state index contributed by atoms with van der Waals surface area (Å²) in [6.07, 6.45) is 1.46. The number of H-pyrrole nitrogens is 1. The molecular weight excluding hydrogens is 278 g/mol. The van der Waals surface area contributed by atoms with Crippen molar-refractivity contribution in [2.45, 2.75) is 10.9 Å². The van der Waals surface area contributed by atoms with E-state index in [1.54, 1.807) is 7.11 Å².